The van der Waals surface area contributed by atoms with E-state index in [-0.39, 0.29) is 46.6 Å². The van der Waals surface area contributed by atoms with Crippen LogP contribution in [-0.2, 0) is 19.1 Å². The summed E-state index contributed by atoms with van der Waals surface area (Å²) in [4.78, 5) is 39.5. The zero-order valence-corrected chi connectivity index (χ0v) is 21.9. The lowest BCUT2D eigenvalue weighted by Crippen LogP contribution is -2.59. The Balaban J connectivity index is 1.61. The predicted octanol–water partition coefficient (Wildman–Crippen LogP) is 4.98. The molecule has 1 saturated heterocycles. The number of rotatable bonds is 3. The average molecular weight is 471 g/mol. The molecular formula is C29H42O5. The van der Waals surface area contributed by atoms with Gasteiger partial charge in [-0.05, 0) is 62.7 Å². The van der Waals surface area contributed by atoms with Crippen molar-refractivity contribution in [2.75, 3.05) is 6.61 Å². The van der Waals surface area contributed by atoms with Crippen LogP contribution in [0.2, 0.25) is 0 Å². The zero-order valence-electron chi connectivity index (χ0n) is 21.9. The van der Waals surface area contributed by atoms with Crippen molar-refractivity contribution in [1.82, 2.24) is 0 Å². The minimum atomic E-state index is -0.703. The average Bonchev–Trinajstić information content (AvgIpc) is 3.23. The molecule has 0 bridgehead atoms. The van der Waals surface area contributed by atoms with Gasteiger partial charge in [-0.25, -0.2) is 0 Å². The number of carbonyl (C=O) groups excluding carboxylic acids is 3. The van der Waals surface area contributed by atoms with Crippen molar-refractivity contribution in [3.63, 3.8) is 0 Å². The SMILES string of the molecule is CCC(=O)[C@@H]1C[C@@H](C)[C@]2(CC(=O)[C@@]3(C)C4=C(CC[C@@]32C)[C@@]2(C)CCC(=O)[C@](C)(CO)[C@@H]2CC4)O1. The second-order valence-electron chi connectivity index (χ2n) is 13.0. The van der Waals surface area contributed by atoms with E-state index in [4.69, 9.17) is 4.74 Å². The number of Topliss-reactive ketones (excluding diaryl/α,β-unsaturated/α-hetero) is 3. The fourth-order valence-electron chi connectivity index (χ4n) is 9.62. The van der Waals surface area contributed by atoms with Crippen LogP contribution in [0.15, 0.2) is 11.1 Å². The van der Waals surface area contributed by atoms with Crippen LogP contribution in [0.4, 0.5) is 0 Å². The summed E-state index contributed by atoms with van der Waals surface area (Å²) in [5, 5.41) is 10.3. The highest BCUT2D eigenvalue weighted by Gasteiger charge is 2.75. The number of carbonyl (C=O) groups is 3. The Bertz CT molecular complexity index is 996. The van der Waals surface area contributed by atoms with Crippen LogP contribution in [-0.4, -0.2) is 40.8 Å². The number of fused-ring (bicyclic) bond motifs is 5. The summed E-state index contributed by atoms with van der Waals surface area (Å²) in [6.45, 7) is 12.6. The number of aliphatic hydroxyl groups is 1. The topological polar surface area (TPSA) is 80.7 Å². The van der Waals surface area contributed by atoms with Gasteiger partial charge in [0.1, 0.15) is 17.7 Å². The van der Waals surface area contributed by atoms with Gasteiger partial charge in [-0.15, -0.1) is 0 Å². The van der Waals surface area contributed by atoms with E-state index in [9.17, 15) is 19.5 Å². The van der Waals surface area contributed by atoms with Crippen molar-refractivity contribution in [3.8, 4) is 0 Å². The van der Waals surface area contributed by atoms with Crippen molar-refractivity contribution in [1.29, 1.82) is 0 Å². The molecule has 8 atom stereocenters. The number of hydrogen-bond acceptors (Lipinski definition) is 5. The third-order valence-corrected chi connectivity index (χ3v) is 12.0. The number of ether oxygens (including phenoxy) is 1. The van der Waals surface area contributed by atoms with Gasteiger partial charge < -0.3 is 9.84 Å². The second kappa shape index (κ2) is 7.35. The minimum Gasteiger partial charge on any atom is -0.395 e. The molecule has 0 radical (unpaired) electrons. The Kier molecular flexibility index (Phi) is 5.27. The lowest BCUT2D eigenvalue weighted by atomic mass is 9.43. The zero-order chi connectivity index (χ0) is 24.9. The van der Waals surface area contributed by atoms with E-state index >= 15 is 0 Å². The first-order valence-corrected chi connectivity index (χ1v) is 13.5. The first-order valence-electron chi connectivity index (χ1n) is 13.5. The predicted molar refractivity (Wildman–Crippen MR) is 129 cm³/mol. The third-order valence-electron chi connectivity index (χ3n) is 12.0. The molecule has 5 aliphatic rings. The summed E-state index contributed by atoms with van der Waals surface area (Å²) < 4.78 is 6.69. The molecule has 5 heteroatoms. The van der Waals surface area contributed by atoms with Gasteiger partial charge in [-0.1, -0.05) is 45.8 Å². The fraction of sp³-hybridized carbons (Fsp3) is 0.828. The van der Waals surface area contributed by atoms with Gasteiger partial charge in [0.05, 0.1) is 23.0 Å². The highest BCUT2D eigenvalue weighted by atomic mass is 16.5. The van der Waals surface area contributed by atoms with Crippen molar-refractivity contribution in [2.45, 2.75) is 111 Å². The van der Waals surface area contributed by atoms with Crippen LogP contribution in [0.1, 0.15) is 99.3 Å². The Morgan fingerprint density at radius 3 is 2.38 bits per heavy atom. The van der Waals surface area contributed by atoms with Gasteiger partial charge in [0.25, 0.3) is 0 Å². The molecule has 3 fully saturated rings. The molecule has 0 unspecified atom stereocenters. The standard InChI is InChI=1S/C29H42O5/c1-7-20(31)21-14-17(2)29(34-21)15-24(33)28(6)19-8-9-22-25(3,18(19)10-13-27(28,29)5)12-11-23(32)26(22,4)16-30/h17,21-22,30H,7-16H2,1-6H3/t17-,21+,22-,25-,26-,27+,28-,29+/m1/s1. The molecule has 1 aliphatic heterocycles. The van der Waals surface area contributed by atoms with E-state index in [2.05, 4.69) is 27.7 Å². The molecule has 5 rings (SSSR count). The number of aliphatic hydroxyl groups excluding tert-OH is 1. The largest absolute Gasteiger partial charge is 0.395 e. The van der Waals surface area contributed by atoms with Crippen molar-refractivity contribution < 1.29 is 24.2 Å². The summed E-state index contributed by atoms with van der Waals surface area (Å²) in [5.74, 6) is 0.855. The van der Waals surface area contributed by atoms with Crippen LogP contribution >= 0.6 is 0 Å². The van der Waals surface area contributed by atoms with Gasteiger partial charge in [0.15, 0.2) is 5.78 Å². The normalized spacial score (nSPS) is 50.4. The fourth-order valence-corrected chi connectivity index (χ4v) is 9.62. The Hall–Kier alpha value is -1.33. The number of hydrogen-bond donors (Lipinski definition) is 1. The van der Waals surface area contributed by atoms with E-state index < -0.39 is 22.5 Å². The van der Waals surface area contributed by atoms with Crippen LogP contribution in [0.5, 0.6) is 0 Å². The molecule has 0 aromatic rings. The summed E-state index contributed by atoms with van der Waals surface area (Å²) in [5.41, 5.74) is 0.251. The summed E-state index contributed by atoms with van der Waals surface area (Å²) in [7, 11) is 0. The molecule has 0 aromatic heterocycles. The van der Waals surface area contributed by atoms with E-state index in [0.29, 0.717) is 25.7 Å². The maximum atomic E-state index is 14.0. The number of ketones is 3. The lowest BCUT2D eigenvalue weighted by molar-refractivity contribution is -0.163. The van der Waals surface area contributed by atoms with Gasteiger partial charge in [0.2, 0.25) is 0 Å². The maximum Gasteiger partial charge on any atom is 0.161 e. The van der Waals surface area contributed by atoms with E-state index in [1.165, 1.54) is 11.1 Å². The second-order valence-corrected chi connectivity index (χ2v) is 13.0. The van der Waals surface area contributed by atoms with E-state index in [0.717, 1.165) is 32.1 Å². The van der Waals surface area contributed by atoms with Gasteiger partial charge in [-0.3, -0.25) is 14.4 Å². The van der Waals surface area contributed by atoms with E-state index in [1.54, 1.807) is 0 Å². The minimum absolute atomic E-state index is 0.107. The third kappa shape index (κ3) is 2.56. The van der Waals surface area contributed by atoms with Crippen molar-refractivity contribution >= 4 is 17.3 Å². The van der Waals surface area contributed by atoms with Crippen LogP contribution in [0.25, 0.3) is 0 Å². The van der Waals surface area contributed by atoms with Crippen LogP contribution in [0, 0.1) is 33.5 Å². The van der Waals surface area contributed by atoms with Crippen molar-refractivity contribution in [2.24, 2.45) is 33.5 Å². The van der Waals surface area contributed by atoms with Crippen LogP contribution < -0.4 is 0 Å². The maximum absolute atomic E-state index is 14.0. The Labute approximate surface area is 204 Å². The smallest absolute Gasteiger partial charge is 0.161 e. The molecular weight excluding hydrogens is 428 g/mol. The molecule has 5 nitrogen and oxygen atoms in total. The quantitative estimate of drug-likeness (QED) is 0.588. The first kappa shape index (κ1) is 24.4. The molecule has 188 valence electrons. The molecule has 1 heterocycles. The Morgan fingerprint density at radius 2 is 1.74 bits per heavy atom. The summed E-state index contributed by atoms with van der Waals surface area (Å²) in [6.07, 6.45) is 5.85. The highest BCUT2D eigenvalue weighted by molar-refractivity contribution is 5.94. The molecule has 1 spiro atoms. The highest BCUT2D eigenvalue weighted by Crippen LogP contribution is 2.74. The van der Waals surface area contributed by atoms with Crippen LogP contribution in [0.3, 0.4) is 0 Å². The number of allylic oxidation sites excluding steroid dienone is 2. The molecule has 2 saturated carbocycles. The molecule has 0 amide bonds. The molecule has 34 heavy (non-hydrogen) atoms. The van der Waals surface area contributed by atoms with Gasteiger partial charge in [-0.2, -0.15) is 0 Å². The van der Waals surface area contributed by atoms with Gasteiger partial charge >= 0.3 is 0 Å². The Morgan fingerprint density at radius 1 is 1.03 bits per heavy atom. The van der Waals surface area contributed by atoms with Gasteiger partial charge in [0, 0.05) is 24.7 Å². The lowest BCUT2D eigenvalue weighted by Gasteiger charge is -2.61. The summed E-state index contributed by atoms with van der Waals surface area (Å²) in [6, 6.07) is 0. The molecule has 1 N–H and O–H groups in total. The van der Waals surface area contributed by atoms with Crippen molar-refractivity contribution in [3.05, 3.63) is 11.1 Å². The van der Waals surface area contributed by atoms with E-state index in [1.807, 2.05) is 13.8 Å². The monoisotopic (exact) mass is 470 g/mol. The molecule has 0 aromatic carbocycles. The first-order chi connectivity index (χ1) is 15.9. The molecule has 4 aliphatic carbocycles. The summed E-state index contributed by atoms with van der Waals surface area (Å²) >= 11 is 0.